The Morgan fingerprint density at radius 2 is 1.65 bits per heavy atom. The van der Waals surface area contributed by atoms with Gasteiger partial charge in [0.05, 0.1) is 7.11 Å². The molecule has 0 aliphatic rings. The van der Waals surface area contributed by atoms with Crippen LogP contribution in [0.5, 0.6) is 11.5 Å². The van der Waals surface area contributed by atoms with Crippen LogP contribution in [0.3, 0.4) is 0 Å². The molecule has 3 aromatic rings. The Labute approximate surface area is 153 Å². The summed E-state index contributed by atoms with van der Waals surface area (Å²) in [6.07, 6.45) is 0.0385. The van der Waals surface area contributed by atoms with Gasteiger partial charge in [-0.05, 0) is 23.9 Å². The normalized spacial score (nSPS) is 11.8. The Morgan fingerprint density at radius 3 is 2.46 bits per heavy atom. The lowest BCUT2D eigenvalue weighted by molar-refractivity contribution is -0.128. The van der Waals surface area contributed by atoms with Crippen molar-refractivity contribution >= 4 is 16.7 Å². The van der Waals surface area contributed by atoms with E-state index in [1.165, 1.54) is 0 Å². The molecule has 1 N–H and O–H groups in total. The highest BCUT2D eigenvalue weighted by atomic mass is 16.5. The predicted octanol–water partition coefficient (Wildman–Crippen LogP) is 4.32. The second kappa shape index (κ2) is 8.39. The van der Waals surface area contributed by atoms with Crippen molar-refractivity contribution in [2.24, 2.45) is 0 Å². The monoisotopic (exact) mass is 349 g/mol. The SMILES string of the molecule is CCC(Oc1cccc2ccccc12)C(=O)NCc1ccccc1OC. The van der Waals surface area contributed by atoms with Crippen LogP contribution in [-0.2, 0) is 11.3 Å². The third-order valence-electron chi connectivity index (χ3n) is 4.33. The van der Waals surface area contributed by atoms with E-state index in [0.29, 0.717) is 13.0 Å². The van der Waals surface area contributed by atoms with Gasteiger partial charge in [-0.1, -0.05) is 61.5 Å². The van der Waals surface area contributed by atoms with Crippen LogP contribution in [0.15, 0.2) is 66.7 Å². The van der Waals surface area contributed by atoms with Crippen LogP contribution in [0, 0.1) is 0 Å². The van der Waals surface area contributed by atoms with Gasteiger partial charge in [0.1, 0.15) is 11.5 Å². The molecular weight excluding hydrogens is 326 g/mol. The quantitative estimate of drug-likeness (QED) is 0.691. The predicted molar refractivity (Wildman–Crippen MR) is 103 cm³/mol. The number of para-hydroxylation sites is 1. The molecule has 4 heteroatoms. The number of carbonyl (C=O) groups is 1. The molecule has 26 heavy (non-hydrogen) atoms. The first kappa shape index (κ1) is 17.8. The van der Waals surface area contributed by atoms with E-state index >= 15 is 0 Å². The number of fused-ring (bicyclic) bond motifs is 1. The fraction of sp³-hybridized carbons (Fsp3) is 0.227. The van der Waals surface area contributed by atoms with Gasteiger partial charge in [0.15, 0.2) is 6.10 Å². The van der Waals surface area contributed by atoms with Crippen molar-refractivity contribution in [2.45, 2.75) is 26.0 Å². The van der Waals surface area contributed by atoms with Crippen molar-refractivity contribution < 1.29 is 14.3 Å². The molecule has 0 fully saturated rings. The number of hydrogen-bond donors (Lipinski definition) is 1. The maximum atomic E-state index is 12.6. The molecule has 0 saturated carbocycles. The largest absolute Gasteiger partial charge is 0.496 e. The molecule has 0 spiro atoms. The number of nitrogens with one attached hydrogen (secondary N) is 1. The van der Waals surface area contributed by atoms with Crippen LogP contribution >= 0.6 is 0 Å². The number of ether oxygens (including phenoxy) is 2. The molecule has 0 bridgehead atoms. The topological polar surface area (TPSA) is 47.6 Å². The van der Waals surface area contributed by atoms with Crippen molar-refractivity contribution in [2.75, 3.05) is 7.11 Å². The first-order valence-corrected chi connectivity index (χ1v) is 8.77. The Hall–Kier alpha value is -3.01. The summed E-state index contributed by atoms with van der Waals surface area (Å²) < 4.78 is 11.4. The van der Waals surface area contributed by atoms with Gasteiger partial charge in [0.2, 0.25) is 0 Å². The highest BCUT2D eigenvalue weighted by Crippen LogP contribution is 2.26. The second-order valence-corrected chi connectivity index (χ2v) is 6.02. The maximum absolute atomic E-state index is 12.6. The number of carbonyl (C=O) groups excluding carboxylic acids is 1. The molecule has 1 unspecified atom stereocenters. The summed E-state index contributed by atoms with van der Waals surface area (Å²) in [4.78, 5) is 12.6. The molecule has 0 radical (unpaired) electrons. The fourth-order valence-corrected chi connectivity index (χ4v) is 2.92. The number of hydrogen-bond acceptors (Lipinski definition) is 3. The minimum absolute atomic E-state index is 0.133. The molecule has 4 nitrogen and oxygen atoms in total. The smallest absolute Gasteiger partial charge is 0.261 e. The lowest BCUT2D eigenvalue weighted by Crippen LogP contribution is -2.37. The van der Waals surface area contributed by atoms with E-state index < -0.39 is 6.10 Å². The molecule has 0 aliphatic carbocycles. The van der Waals surface area contributed by atoms with Crippen LogP contribution in [0.1, 0.15) is 18.9 Å². The van der Waals surface area contributed by atoms with E-state index in [4.69, 9.17) is 9.47 Å². The Balaban J connectivity index is 1.71. The highest BCUT2D eigenvalue weighted by Gasteiger charge is 2.19. The lowest BCUT2D eigenvalue weighted by atomic mass is 10.1. The van der Waals surface area contributed by atoms with Crippen LogP contribution in [0.2, 0.25) is 0 Å². The summed E-state index contributed by atoms with van der Waals surface area (Å²) in [5.74, 6) is 1.35. The van der Waals surface area contributed by atoms with Gasteiger partial charge >= 0.3 is 0 Å². The van der Waals surface area contributed by atoms with Gasteiger partial charge in [-0.25, -0.2) is 0 Å². The number of rotatable bonds is 7. The van der Waals surface area contributed by atoms with Crippen LogP contribution in [0.25, 0.3) is 10.8 Å². The van der Waals surface area contributed by atoms with E-state index in [-0.39, 0.29) is 5.91 Å². The summed E-state index contributed by atoms with van der Waals surface area (Å²) in [6, 6.07) is 21.5. The minimum atomic E-state index is -0.546. The molecule has 0 aromatic heterocycles. The lowest BCUT2D eigenvalue weighted by Gasteiger charge is -2.19. The van der Waals surface area contributed by atoms with E-state index in [2.05, 4.69) is 5.32 Å². The molecule has 0 saturated heterocycles. The summed E-state index contributed by atoms with van der Waals surface area (Å²) in [5.41, 5.74) is 0.934. The van der Waals surface area contributed by atoms with E-state index in [9.17, 15) is 4.79 Å². The molecule has 134 valence electrons. The van der Waals surface area contributed by atoms with E-state index in [0.717, 1.165) is 27.8 Å². The second-order valence-electron chi connectivity index (χ2n) is 6.02. The van der Waals surface area contributed by atoms with Crippen LogP contribution in [-0.4, -0.2) is 19.1 Å². The van der Waals surface area contributed by atoms with Gasteiger partial charge in [0, 0.05) is 17.5 Å². The number of amides is 1. The summed E-state index contributed by atoms with van der Waals surface area (Å²) in [5, 5.41) is 5.05. The average molecular weight is 349 g/mol. The zero-order chi connectivity index (χ0) is 18.4. The number of methoxy groups -OCH3 is 1. The van der Waals surface area contributed by atoms with Gasteiger partial charge in [-0.15, -0.1) is 0 Å². The van der Waals surface area contributed by atoms with Crippen molar-refractivity contribution in [3.63, 3.8) is 0 Å². The molecular formula is C22H23NO3. The fourth-order valence-electron chi connectivity index (χ4n) is 2.92. The third kappa shape index (κ3) is 3.97. The van der Waals surface area contributed by atoms with Crippen molar-refractivity contribution in [3.8, 4) is 11.5 Å². The maximum Gasteiger partial charge on any atom is 0.261 e. The van der Waals surface area contributed by atoms with Gasteiger partial charge < -0.3 is 14.8 Å². The van der Waals surface area contributed by atoms with E-state index in [1.807, 2.05) is 73.7 Å². The van der Waals surface area contributed by atoms with E-state index in [1.54, 1.807) is 7.11 Å². The van der Waals surface area contributed by atoms with Crippen LogP contribution in [0.4, 0.5) is 0 Å². The molecule has 1 atom stereocenters. The molecule has 0 heterocycles. The standard InChI is InChI=1S/C22H23NO3/c1-3-19(22(24)23-15-17-10-5-7-13-20(17)25-2)26-21-14-8-11-16-9-4-6-12-18(16)21/h4-14,19H,3,15H2,1-2H3,(H,23,24). The van der Waals surface area contributed by atoms with Crippen molar-refractivity contribution in [1.29, 1.82) is 0 Å². The molecule has 3 rings (SSSR count). The van der Waals surface area contributed by atoms with Crippen molar-refractivity contribution in [1.82, 2.24) is 5.32 Å². The van der Waals surface area contributed by atoms with Gasteiger partial charge in [0.25, 0.3) is 5.91 Å². The Morgan fingerprint density at radius 1 is 0.962 bits per heavy atom. The third-order valence-corrected chi connectivity index (χ3v) is 4.33. The zero-order valence-electron chi connectivity index (χ0n) is 15.1. The Kier molecular flexibility index (Phi) is 5.74. The summed E-state index contributed by atoms with van der Waals surface area (Å²) in [6.45, 7) is 2.34. The average Bonchev–Trinajstić information content (AvgIpc) is 2.70. The van der Waals surface area contributed by atoms with Gasteiger partial charge in [-0.2, -0.15) is 0 Å². The molecule has 0 aliphatic heterocycles. The van der Waals surface area contributed by atoms with Crippen LogP contribution < -0.4 is 14.8 Å². The highest BCUT2D eigenvalue weighted by molar-refractivity contribution is 5.89. The first-order valence-electron chi connectivity index (χ1n) is 8.77. The Bertz CT molecular complexity index is 886. The first-order chi connectivity index (χ1) is 12.7. The number of benzene rings is 3. The zero-order valence-corrected chi connectivity index (χ0v) is 15.1. The molecule has 3 aromatic carbocycles. The summed E-state index contributed by atoms with van der Waals surface area (Å²) in [7, 11) is 1.62. The minimum Gasteiger partial charge on any atom is -0.496 e. The van der Waals surface area contributed by atoms with Crippen molar-refractivity contribution in [3.05, 3.63) is 72.3 Å². The molecule has 1 amide bonds. The van der Waals surface area contributed by atoms with Gasteiger partial charge in [-0.3, -0.25) is 4.79 Å². The summed E-state index contributed by atoms with van der Waals surface area (Å²) >= 11 is 0.